The van der Waals surface area contributed by atoms with Gasteiger partial charge in [0.25, 0.3) is 0 Å². The van der Waals surface area contributed by atoms with Crippen molar-refractivity contribution in [1.29, 1.82) is 0 Å². The van der Waals surface area contributed by atoms with Gasteiger partial charge in [-0.15, -0.1) is 0 Å². The molecule has 2 atom stereocenters. The average Bonchev–Trinajstić information content (AvgIpc) is 2.83. The average molecular weight is 508 g/mol. The van der Waals surface area contributed by atoms with Crippen LogP contribution < -0.4 is 0 Å². The number of sulfone groups is 1. The van der Waals surface area contributed by atoms with Crippen molar-refractivity contribution in [3.8, 4) is 11.1 Å². The van der Waals surface area contributed by atoms with Gasteiger partial charge in [0.1, 0.15) is 5.60 Å². The number of hydrogen-bond acceptors (Lipinski definition) is 5. The lowest BCUT2D eigenvalue weighted by Gasteiger charge is -2.45. The molecule has 190 valence electrons. The summed E-state index contributed by atoms with van der Waals surface area (Å²) in [7, 11) is -3.29. The largest absolute Gasteiger partial charge is 0.438 e. The molecule has 1 saturated heterocycles. The topological polar surface area (TPSA) is 83.9 Å². The second-order valence-corrected chi connectivity index (χ2v) is 12.3. The van der Waals surface area contributed by atoms with Crippen molar-refractivity contribution in [1.82, 2.24) is 4.90 Å². The number of aliphatic hydroxyl groups is 1. The quantitative estimate of drug-likeness (QED) is 0.442. The van der Waals surface area contributed by atoms with E-state index in [-0.39, 0.29) is 10.9 Å². The van der Waals surface area contributed by atoms with Crippen LogP contribution in [0.4, 0.5) is 4.79 Å². The molecule has 3 aromatic rings. The molecule has 0 unspecified atom stereocenters. The molecule has 1 aliphatic rings. The third-order valence-electron chi connectivity index (χ3n) is 6.75. The van der Waals surface area contributed by atoms with Crippen LogP contribution in [0.3, 0.4) is 0 Å². The molecule has 4 rings (SSSR count). The highest BCUT2D eigenvalue weighted by Crippen LogP contribution is 2.42. The van der Waals surface area contributed by atoms with E-state index < -0.39 is 27.1 Å². The molecule has 1 N–H and O–H groups in total. The number of nitrogens with zero attached hydrogens (tertiary/aromatic N) is 1. The van der Waals surface area contributed by atoms with Gasteiger partial charge in [0, 0.05) is 25.6 Å². The Labute approximate surface area is 213 Å². The summed E-state index contributed by atoms with van der Waals surface area (Å²) in [5.74, 6) is 0. The molecule has 6 nitrogen and oxygen atoms in total. The summed E-state index contributed by atoms with van der Waals surface area (Å²) in [5.41, 5.74) is 1.65. The predicted molar refractivity (Wildman–Crippen MR) is 140 cm³/mol. The number of carbonyl (C=O) groups is 1. The van der Waals surface area contributed by atoms with Gasteiger partial charge in [-0.25, -0.2) is 13.2 Å². The van der Waals surface area contributed by atoms with Crippen molar-refractivity contribution < 1.29 is 23.1 Å². The number of rotatable bonds is 7. The molecule has 0 aliphatic carbocycles. The summed E-state index contributed by atoms with van der Waals surface area (Å²) in [6.45, 7) is 5.91. The summed E-state index contributed by atoms with van der Waals surface area (Å²) in [4.78, 5) is 15.3. The maximum absolute atomic E-state index is 13.3. The molecule has 1 heterocycles. The van der Waals surface area contributed by atoms with Crippen molar-refractivity contribution in [2.45, 2.75) is 55.8 Å². The number of hydrogen-bond donors (Lipinski definition) is 1. The van der Waals surface area contributed by atoms with E-state index in [1.807, 2.05) is 67.6 Å². The van der Waals surface area contributed by atoms with Crippen LogP contribution in [0, 0.1) is 0 Å². The van der Waals surface area contributed by atoms with Gasteiger partial charge in [0.2, 0.25) is 0 Å². The number of ether oxygens (including phenoxy) is 1. The normalized spacial score (nSPS) is 19.6. The van der Waals surface area contributed by atoms with E-state index in [0.717, 1.165) is 22.3 Å². The van der Waals surface area contributed by atoms with Crippen LogP contribution in [0.15, 0.2) is 83.8 Å². The third-order valence-corrected chi connectivity index (χ3v) is 7.86. The summed E-state index contributed by atoms with van der Waals surface area (Å²) in [6.07, 6.45) is 1.65. The van der Waals surface area contributed by atoms with Crippen molar-refractivity contribution in [2.75, 3.05) is 12.8 Å². The van der Waals surface area contributed by atoms with Gasteiger partial charge in [-0.05, 0) is 55.2 Å². The fourth-order valence-electron chi connectivity index (χ4n) is 4.93. The van der Waals surface area contributed by atoms with E-state index in [9.17, 15) is 18.3 Å². The van der Waals surface area contributed by atoms with Gasteiger partial charge in [0.05, 0.1) is 16.5 Å². The van der Waals surface area contributed by atoms with E-state index in [4.69, 9.17) is 4.74 Å². The van der Waals surface area contributed by atoms with Gasteiger partial charge >= 0.3 is 6.09 Å². The Kier molecular flexibility index (Phi) is 6.99. The number of cyclic esters (lactones) is 1. The monoisotopic (exact) mass is 507 g/mol. The summed E-state index contributed by atoms with van der Waals surface area (Å²) in [6, 6.07) is 24.1. The van der Waals surface area contributed by atoms with E-state index in [2.05, 4.69) is 0 Å². The Hall–Kier alpha value is -3.16. The molecule has 0 saturated carbocycles. The molecule has 0 bridgehead atoms. The summed E-state index contributed by atoms with van der Waals surface area (Å²) in [5, 5.41) is 10.6. The Morgan fingerprint density at radius 3 is 2.25 bits per heavy atom. The Morgan fingerprint density at radius 2 is 1.67 bits per heavy atom. The zero-order valence-corrected chi connectivity index (χ0v) is 22.0. The molecule has 1 fully saturated rings. The van der Waals surface area contributed by atoms with Gasteiger partial charge in [0.15, 0.2) is 9.84 Å². The minimum absolute atomic E-state index is 0.218. The molecule has 0 radical (unpaired) electrons. The molecular formula is C29H33NO5S. The lowest BCUT2D eigenvalue weighted by molar-refractivity contribution is -0.101. The van der Waals surface area contributed by atoms with Crippen LogP contribution in [-0.4, -0.2) is 42.9 Å². The first-order chi connectivity index (χ1) is 16.9. The maximum atomic E-state index is 13.3. The Bertz CT molecular complexity index is 1330. The SMILES string of the molecule is C[C@@H](c1ccc(-c2cccc(S(C)(=O)=O)c2)cc1)N1CC[C@](CC(C)(C)O)(c2ccccc2)OC1=O. The van der Waals surface area contributed by atoms with Gasteiger partial charge < -0.3 is 14.7 Å². The minimum atomic E-state index is -3.29. The van der Waals surface area contributed by atoms with Gasteiger partial charge in [-0.2, -0.15) is 0 Å². The third kappa shape index (κ3) is 5.63. The zero-order chi connectivity index (χ0) is 26.1. The highest BCUT2D eigenvalue weighted by atomic mass is 32.2. The lowest BCUT2D eigenvalue weighted by atomic mass is 9.80. The molecule has 7 heteroatoms. The standard InChI is InChI=1S/C29H33NO5S/c1-21(22-13-15-23(16-14-22)24-9-8-12-26(19-24)36(4,33)34)30-18-17-29(35-27(30)31,20-28(2,3)32)25-10-6-5-7-11-25/h5-16,19,21,32H,17-18,20H2,1-4H3/t21-,29-/m0/s1. The Morgan fingerprint density at radius 1 is 1.00 bits per heavy atom. The summed E-state index contributed by atoms with van der Waals surface area (Å²) >= 11 is 0. The molecule has 1 amide bonds. The lowest BCUT2D eigenvalue weighted by Crippen LogP contribution is -2.51. The van der Waals surface area contributed by atoms with Crippen LogP contribution in [0.25, 0.3) is 11.1 Å². The van der Waals surface area contributed by atoms with Crippen molar-refractivity contribution in [2.24, 2.45) is 0 Å². The number of amides is 1. The highest BCUT2D eigenvalue weighted by molar-refractivity contribution is 7.90. The predicted octanol–water partition coefficient (Wildman–Crippen LogP) is 5.72. The van der Waals surface area contributed by atoms with Gasteiger partial charge in [-0.1, -0.05) is 66.7 Å². The van der Waals surface area contributed by atoms with Crippen LogP contribution in [0.5, 0.6) is 0 Å². The Balaban J connectivity index is 1.54. The van der Waals surface area contributed by atoms with Crippen molar-refractivity contribution >= 4 is 15.9 Å². The van der Waals surface area contributed by atoms with E-state index >= 15 is 0 Å². The smallest absolute Gasteiger partial charge is 0.411 e. The summed E-state index contributed by atoms with van der Waals surface area (Å²) < 4.78 is 29.9. The fraction of sp³-hybridized carbons (Fsp3) is 0.345. The maximum Gasteiger partial charge on any atom is 0.411 e. The van der Waals surface area contributed by atoms with E-state index in [1.54, 1.807) is 36.9 Å². The van der Waals surface area contributed by atoms with Crippen LogP contribution >= 0.6 is 0 Å². The number of carbonyl (C=O) groups excluding carboxylic acids is 1. The minimum Gasteiger partial charge on any atom is -0.438 e. The molecule has 0 spiro atoms. The first-order valence-electron chi connectivity index (χ1n) is 12.1. The second-order valence-electron chi connectivity index (χ2n) is 10.3. The van der Waals surface area contributed by atoms with Crippen LogP contribution in [0.1, 0.15) is 50.8 Å². The molecule has 0 aromatic heterocycles. The molecular weight excluding hydrogens is 474 g/mol. The number of benzene rings is 3. The van der Waals surface area contributed by atoms with E-state index in [1.165, 1.54) is 6.26 Å². The fourth-order valence-corrected chi connectivity index (χ4v) is 5.60. The molecule has 3 aromatic carbocycles. The first kappa shape index (κ1) is 25.9. The zero-order valence-electron chi connectivity index (χ0n) is 21.1. The van der Waals surface area contributed by atoms with Crippen molar-refractivity contribution in [3.63, 3.8) is 0 Å². The molecule has 1 aliphatic heterocycles. The van der Waals surface area contributed by atoms with Crippen LogP contribution in [0.2, 0.25) is 0 Å². The van der Waals surface area contributed by atoms with Crippen molar-refractivity contribution in [3.05, 3.63) is 90.0 Å². The highest BCUT2D eigenvalue weighted by Gasteiger charge is 2.46. The first-order valence-corrected chi connectivity index (χ1v) is 14.0. The van der Waals surface area contributed by atoms with Crippen LogP contribution in [-0.2, 0) is 20.2 Å². The second kappa shape index (κ2) is 9.71. The molecule has 36 heavy (non-hydrogen) atoms. The van der Waals surface area contributed by atoms with E-state index in [0.29, 0.717) is 19.4 Å². The van der Waals surface area contributed by atoms with Gasteiger partial charge in [-0.3, -0.25) is 0 Å².